The summed E-state index contributed by atoms with van der Waals surface area (Å²) in [4.78, 5) is 64.9. The Bertz CT molecular complexity index is 1840. The van der Waals surface area contributed by atoms with Crippen LogP contribution in [-0.4, -0.2) is 49.3 Å². The van der Waals surface area contributed by atoms with E-state index < -0.39 is 46.0 Å². The Balaban J connectivity index is 1.34. The highest BCUT2D eigenvalue weighted by Gasteiger charge is 2.47. The number of ether oxygens (including phenoxy) is 1. The van der Waals surface area contributed by atoms with Gasteiger partial charge in [-0.05, 0) is 49.3 Å². The van der Waals surface area contributed by atoms with Gasteiger partial charge in [-0.3, -0.25) is 23.7 Å². The number of halogens is 2. The van der Waals surface area contributed by atoms with Crippen LogP contribution in [0, 0.1) is 11.7 Å². The average molecular weight is 609 g/mol. The van der Waals surface area contributed by atoms with E-state index in [1.165, 1.54) is 48.3 Å². The highest BCUT2D eigenvalue weighted by atomic mass is 35.5. The van der Waals surface area contributed by atoms with E-state index in [0.29, 0.717) is 42.1 Å². The van der Waals surface area contributed by atoms with Gasteiger partial charge in [0, 0.05) is 19.3 Å². The van der Waals surface area contributed by atoms with Gasteiger partial charge in [0.15, 0.2) is 10.8 Å². The molecule has 0 spiro atoms. The fraction of sp³-hybridized carbons (Fsp3) is 0.310. The lowest BCUT2D eigenvalue weighted by atomic mass is 9.77. The number of benzene rings is 1. The second-order valence-corrected chi connectivity index (χ2v) is 11.1. The summed E-state index contributed by atoms with van der Waals surface area (Å²) in [5.74, 6) is -3.50. The molecule has 1 saturated carbocycles. The van der Waals surface area contributed by atoms with Crippen molar-refractivity contribution in [1.29, 1.82) is 0 Å². The normalized spacial score (nSPS) is 19.0. The van der Waals surface area contributed by atoms with Gasteiger partial charge in [0.1, 0.15) is 17.4 Å². The number of Topliss-reactive ketones (excluding diaryl/α,β-unsaturated/α-hetero) is 1. The predicted molar refractivity (Wildman–Crippen MR) is 151 cm³/mol. The minimum Gasteiger partial charge on any atom is -0.501 e. The van der Waals surface area contributed by atoms with Crippen LogP contribution >= 0.6 is 11.6 Å². The average Bonchev–Trinajstić information content (AvgIpc) is 3.33. The van der Waals surface area contributed by atoms with Gasteiger partial charge in [0.25, 0.3) is 23.2 Å². The Morgan fingerprint density at radius 2 is 1.95 bits per heavy atom. The maximum Gasteiger partial charge on any atom is 0.296 e. The van der Waals surface area contributed by atoms with Crippen LogP contribution in [0.3, 0.4) is 0 Å². The third-order valence-electron chi connectivity index (χ3n) is 8.21. The van der Waals surface area contributed by atoms with Crippen LogP contribution in [0.4, 0.5) is 4.39 Å². The smallest absolute Gasteiger partial charge is 0.296 e. The quantitative estimate of drug-likeness (QED) is 0.141. The van der Waals surface area contributed by atoms with E-state index in [4.69, 9.17) is 16.3 Å². The first-order chi connectivity index (χ1) is 20.6. The van der Waals surface area contributed by atoms with Crippen LogP contribution in [0.5, 0.6) is 11.5 Å². The zero-order valence-electron chi connectivity index (χ0n) is 22.9. The van der Waals surface area contributed by atoms with Crippen molar-refractivity contribution in [3.05, 3.63) is 80.6 Å². The van der Waals surface area contributed by atoms with Crippen LogP contribution in [0.2, 0.25) is 5.15 Å². The summed E-state index contributed by atoms with van der Waals surface area (Å²) in [5, 5.41) is 16.5. The summed E-state index contributed by atoms with van der Waals surface area (Å²) >= 11 is 6.18. The Kier molecular flexibility index (Phi) is 7.12. The van der Waals surface area contributed by atoms with Gasteiger partial charge < -0.3 is 25.5 Å². The molecule has 2 aliphatic heterocycles. The number of nitrogens with zero attached hydrogens (tertiary/aromatic N) is 3. The Labute approximate surface area is 248 Å². The lowest BCUT2D eigenvalue weighted by Crippen LogP contribution is -2.51. The molecule has 3 aliphatic rings. The topological polar surface area (TPSA) is 168 Å². The van der Waals surface area contributed by atoms with Crippen molar-refractivity contribution in [3.63, 3.8) is 0 Å². The summed E-state index contributed by atoms with van der Waals surface area (Å²) < 4.78 is 19.9. The van der Waals surface area contributed by atoms with Crippen molar-refractivity contribution in [1.82, 2.24) is 30.2 Å². The van der Waals surface area contributed by atoms with Crippen molar-refractivity contribution in [3.8, 4) is 11.5 Å². The van der Waals surface area contributed by atoms with E-state index >= 15 is 0 Å². The largest absolute Gasteiger partial charge is 0.501 e. The molecule has 43 heavy (non-hydrogen) atoms. The molecular formula is C29H26ClFN6O6. The number of rotatable bonds is 7. The number of H-pyrrole nitrogens is 1. The van der Waals surface area contributed by atoms with Gasteiger partial charge in [-0.1, -0.05) is 23.7 Å². The van der Waals surface area contributed by atoms with Crippen LogP contribution < -0.4 is 20.9 Å². The van der Waals surface area contributed by atoms with Gasteiger partial charge in [0.2, 0.25) is 5.75 Å². The molecule has 7 rings (SSSR count). The number of hydrogen-bond donors (Lipinski definition) is 4. The maximum absolute atomic E-state index is 13.6. The molecule has 4 aromatic rings. The number of aromatic amines is 1. The highest BCUT2D eigenvalue weighted by molar-refractivity contribution is 6.46. The number of fused-ring (bicyclic) bond motifs is 3. The minimum atomic E-state index is -1.26. The summed E-state index contributed by atoms with van der Waals surface area (Å²) in [7, 11) is 1.40. The van der Waals surface area contributed by atoms with Gasteiger partial charge >= 0.3 is 0 Å². The minimum absolute atomic E-state index is 0.00920. The number of ketones is 1. The van der Waals surface area contributed by atoms with Crippen LogP contribution in [0.15, 0.2) is 41.5 Å². The number of nitrogens with one attached hydrogen (secondary N) is 3. The van der Waals surface area contributed by atoms with Gasteiger partial charge in [-0.25, -0.2) is 14.4 Å². The first-order valence-electron chi connectivity index (χ1n) is 13.5. The Morgan fingerprint density at radius 3 is 2.65 bits per heavy atom. The summed E-state index contributed by atoms with van der Waals surface area (Å²) in [5.41, 5.74) is -1.65. The summed E-state index contributed by atoms with van der Waals surface area (Å²) in [6, 6.07) is 5.47. The van der Waals surface area contributed by atoms with Crippen molar-refractivity contribution in [2.75, 3.05) is 7.11 Å². The molecule has 5 heterocycles. The number of amides is 2. The van der Waals surface area contributed by atoms with E-state index in [9.17, 15) is 28.7 Å². The molecule has 1 aliphatic carbocycles. The predicted octanol–water partition coefficient (Wildman–Crippen LogP) is 2.95. The number of aromatic nitrogens is 4. The van der Waals surface area contributed by atoms with Gasteiger partial charge in [-0.15, -0.1) is 0 Å². The molecule has 222 valence electrons. The molecule has 1 fully saturated rings. The lowest BCUT2D eigenvalue weighted by Gasteiger charge is -2.36. The molecule has 0 radical (unpaired) electrons. The van der Waals surface area contributed by atoms with Crippen LogP contribution in [0.25, 0.3) is 10.9 Å². The van der Waals surface area contributed by atoms with E-state index in [1.54, 1.807) is 0 Å². The molecule has 1 aromatic carbocycles. The molecule has 0 saturated heterocycles. The molecule has 0 atom stereocenters. The number of pyridine rings is 1. The third-order valence-corrected chi connectivity index (χ3v) is 8.49. The second-order valence-electron chi connectivity index (χ2n) is 10.7. The molecule has 2 amide bonds. The molecule has 14 heteroatoms. The first-order valence-corrected chi connectivity index (χ1v) is 13.9. The van der Waals surface area contributed by atoms with Crippen molar-refractivity contribution in [2.45, 2.75) is 44.3 Å². The third kappa shape index (κ3) is 4.88. The van der Waals surface area contributed by atoms with E-state index in [-0.39, 0.29) is 41.3 Å². The van der Waals surface area contributed by atoms with Crippen molar-refractivity contribution < 1.29 is 28.6 Å². The highest BCUT2D eigenvalue weighted by Crippen LogP contribution is 2.43. The Hall–Kier alpha value is -4.78. The SMILES string of the molecule is COc1cnc(Cl)c2[nH]cc(C(=O)C(=O)NC34CCC(CC3)Cn3c4nc(C(=O)NCc4ccc(F)cc4)c(O)c3=O)c12. The molecule has 12 nitrogen and oxygen atoms in total. The fourth-order valence-electron chi connectivity index (χ4n) is 5.94. The van der Waals surface area contributed by atoms with Crippen molar-refractivity contribution >= 4 is 40.1 Å². The maximum atomic E-state index is 13.6. The van der Waals surface area contributed by atoms with E-state index in [1.807, 2.05) is 0 Å². The molecule has 4 N–H and O–H groups in total. The van der Waals surface area contributed by atoms with E-state index in [0.717, 1.165) is 0 Å². The second kappa shape index (κ2) is 10.8. The molecule has 3 aromatic heterocycles. The van der Waals surface area contributed by atoms with Gasteiger partial charge in [0.05, 0.1) is 35.3 Å². The summed E-state index contributed by atoms with van der Waals surface area (Å²) in [6.45, 7) is 0.230. The number of aromatic hydroxyl groups is 1. The number of carbonyl (C=O) groups is 3. The number of methoxy groups -OCH3 is 1. The monoisotopic (exact) mass is 608 g/mol. The zero-order valence-corrected chi connectivity index (χ0v) is 23.6. The number of hydrogen-bond acceptors (Lipinski definition) is 8. The fourth-order valence-corrected chi connectivity index (χ4v) is 6.14. The van der Waals surface area contributed by atoms with E-state index in [2.05, 4.69) is 25.6 Å². The van der Waals surface area contributed by atoms with Crippen LogP contribution in [-0.2, 0) is 23.4 Å². The zero-order chi connectivity index (χ0) is 30.5. The molecule has 2 bridgehead atoms. The lowest BCUT2D eigenvalue weighted by molar-refractivity contribution is -0.119. The standard InChI is InChI=1S/C29H26ClFN6O6/c1-43-18-12-33-24(30)20-19(18)17(11-32-20)22(38)26(41)36-29-8-6-15(7-9-29)13-37-27(42)23(39)21(35-28(29)37)25(40)34-10-14-2-4-16(31)5-3-14/h2-5,11-12,15,32,39H,6-10,13H2,1H3,(H,34,40)(H,36,41). The van der Waals surface area contributed by atoms with Crippen molar-refractivity contribution in [2.24, 2.45) is 5.92 Å². The van der Waals surface area contributed by atoms with Gasteiger partial charge in [-0.2, -0.15) is 0 Å². The number of carbonyl (C=O) groups excluding carboxylic acids is 3. The molecular weight excluding hydrogens is 583 g/mol. The first kappa shape index (κ1) is 28.3. The van der Waals surface area contributed by atoms with Crippen LogP contribution in [0.1, 0.15) is 57.9 Å². The molecule has 0 unspecified atom stereocenters. The summed E-state index contributed by atoms with van der Waals surface area (Å²) in [6.07, 6.45) is 4.65. The Morgan fingerprint density at radius 1 is 1.23 bits per heavy atom.